The Labute approximate surface area is 145 Å². The average molecular weight is 328 g/mol. The highest BCUT2D eigenvalue weighted by Crippen LogP contribution is 2.29. The van der Waals surface area contributed by atoms with Crippen molar-refractivity contribution in [1.82, 2.24) is 0 Å². The fourth-order valence-electron chi connectivity index (χ4n) is 2.88. The number of fused-ring (bicyclic) bond motifs is 1. The van der Waals surface area contributed by atoms with Crippen LogP contribution in [-0.4, -0.2) is 11.8 Å². The van der Waals surface area contributed by atoms with Gasteiger partial charge < -0.3 is 9.47 Å². The first-order chi connectivity index (χ1) is 11.3. The lowest BCUT2D eigenvalue weighted by Crippen LogP contribution is -2.25. The molecule has 0 bridgehead atoms. The zero-order valence-corrected chi connectivity index (χ0v) is 15.4. The summed E-state index contributed by atoms with van der Waals surface area (Å²) in [7, 11) is 0. The molecular weight excluding hydrogens is 300 g/mol. The predicted octanol–water partition coefficient (Wildman–Crippen LogP) is 6.45. The van der Waals surface area contributed by atoms with E-state index in [4.69, 9.17) is 9.47 Å². The molecule has 0 amide bonds. The fraction of sp³-hybridized carbons (Fsp3) is 0.476. The smallest absolute Gasteiger partial charge is 0.428 e. The third-order valence-corrected chi connectivity index (χ3v) is 4.03. The van der Waals surface area contributed by atoms with Crippen molar-refractivity contribution in [2.75, 3.05) is 0 Å². The maximum Gasteiger partial charge on any atom is 0.514 e. The van der Waals surface area contributed by atoms with Crippen LogP contribution in [0.2, 0.25) is 0 Å². The second-order valence-electron chi connectivity index (χ2n) is 7.23. The van der Waals surface area contributed by atoms with E-state index in [9.17, 15) is 4.79 Å². The van der Waals surface area contributed by atoms with Crippen molar-refractivity contribution in [2.45, 2.75) is 65.4 Å². The van der Waals surface area contributed by atoms with Gasteiger partial charge in [-0.25, -0.2) is 4.79 Å². The van der Waals surface area contributed by atoms with Crippen molar-refractivity contribution in [3.8, 4) is 5.75 Å². The molecule has 0 spiro atoms. The van der Waals surface area contributed by atoms with Crippen LogP contribution in [0.15, 0.2) is 36.4 Å². The largest absolute Gasteiger partial charge is 0.514 e. The van der Waals surface area contributed by atoms with E-state index in [0.717, 1.165) is 11.8 Å². The minimum absolute atomic E-state index is 0.505. The maximum atomic E-state index is 11.8. The number of hydrogen-bond acceptors (Lipinski definition) is 3. The molecule has 0 heterocycles. The maximum absolute atomic E-state index is 11.8. The fourth-order valence-corrected chi connectivity index (χ4v) is 2.88. The lowest BCUT2D eigenvalue weighted by molar-refractivity contribution is 0.0206. The van der Waals surface area contributed by atoms with Gasteiger partial charge in [-0.05, 0) is 68.0 Å². The lowest BCUT2D eigenvalue weighted by Gasteiger charge is -2.19. The minimum Gasteiger partial charge on any atom is -0.428 e. The van der Waals surface area contributed by atoms with Crippen molar-refractivity contribution >= 4 is 16.9 Å². The summed E-state index contributed by atoms with van der Waals surface area (Å²) in [6, 6.07) is 12.2. The van der Waals surface area contributed by atoms with Crippen molar-refractivity contribution in [2.24, 2.45) is 0 Å². The van der Waals surface area contributed by atoms with Crippen molar-refractivity contribution in [3.63, 3.8) is 0 Å². The Morgan fingerprint density at radius 1 is 1.04 bits per heavy atom. The first kappa shape index (κ1) is 18.3. The molecule has 0 aliphatic heterocycles. The summed E-state index contributed by atoms with van der Waals surface area (Å²) in [4.78, 5) is 11.8. The summed E-state index contributed by atoms with van der Waals surface area (Å²) >= 11 is 0. The summed E-state index contributed by atoms with van der Waals surface area (Å²) in [5, 5.41) is 2.23. The molecule has 2 aromatic carbocycles. The summed E-state index contributed by atoms with van der Waals surface area (Å²) in [6.45, 7) is 9.91. The van der Waals surface area contributed by atoms with E-state index in [-0.39, 0.29) is 0 Å². The molecule has 0 aliphatic carbocycles. The first-order valence-corrected chi connectivity index (χ1v) is 8.77. The summed E-state index contributed by atoms with van der Waals surface area (Å²) < 4.78 is 10.5. The number of carbonyl (C=O) groups excluding carboxylic acids is 1. The van der Waals surface area contributed by atoms with Crippen molar-refractivity contribution in [1.29, 1.82) is 0 Å². The van der Waals surface area contributed by atoms with Crippen LogP contribution in [0.25, 0.3) is 10.8 Å². The average Bonchev–Trinajstić information content (AvgIpc) is 2.50. The van der Waals surface area contributed by atoms with Gasteiger partial charge in [0.1, 0.15) is 11.4 Å². The lowest BCUT2D eigenvalue weighted by atomic mass is 9.90. The molecule has 2 aromatic rings. The topological polar surface area (TPSA) is 35.5 Å². The van der Waals surface area contributed by atoms with Crippen LogP contribution in [0.1, 0.15) is 65.4 Å². The van der Waals surface area contributed by atoms with Gasteiger partial charge in [-0.15, -0.1) is 0 Å². The van der Waals surface area contributed by atoms with E-state index < -0.39 is 11.8 Å². The van der Waals surface area contributed by atoms with E-state index >= 15 is 0 Å². The molecule has 0 saturated heterocycles. The minimum atomic E-state index is -0.674. The highest BCUT2D eigenvalue weighted by molar-refractivity contribution is 5.85. The summed E-state index contributed by atoms with van der Waals surface area (Å²) in [5.74, 6) is 1.11. The normalized spacial score (nSPS) is 12.9. The van der Waals surface area contributed by atoms with Crippen LogP contribution in [0.5, 0.6) is 5.75 Å². The Balaban J connectivity index is 2.19. The zero-order valence-electron chi connectivity index (χ0n) is 15.4. The van der Waals surface area contributed by atoms with Gasteiger partial charge in [-0.2, -0.15) is 0 Å². The van der Waals surface area contributed by atoms with Gasteiger partial charge in [-0.3, -0.25) is 0 Å². The predicted molar refractivity (Wildman–Crippen MR) is 98.8 cm³/mol. The number of ether oxygens (including phenoxy) is 2. The molecule has 0 aliphatic rings. The zero-order chi connectivity index (χ0) is 17.7. The molecule has 1 atom stereocenters. The van der Waals surface area contributed by atoms with Crippen LogP contribution in [0.4, 0.5) is 4.79 Å². The Morgan fingerprint density at radius 2 is 1.71 bits per heavy atom. The van der Waals surface area contributed by atoms with Crippen LogP contribution < -0.4 is 4.74 Å². The molecule has 3 nitrogen and oxygen atoms in total. The third-order valence-electron chi connectivity index (χ3n) is 4.03. The monoisotopic (exact) mass is 328 g/mol. The molecule has 3 heteroatoms. The highest BCUT2D eigenvalue weighted by atomic mass is 16.7. The molecule has 0 aromatic heterocycles. The van der Waals surface area contributed by atoms with E-state index in [1.165, 1.54) is 23.8 Å². The van der Waals surface area contributed by atoms with Gasteiger partial charge in [0.15, 0.2) is 0 Å². The van der Waals surface area contributed by atoms with E-state index in [2.05, 4.69) is 32.0 Å². The Hall–Kier alpha value is -2.03. The molecule has 2 rings (SSSR count). The van der Waals surface area contributed by atoms with E-state index in [0.29, 0.717) is 11.7 Å². The quantitative estimate of drug-likeness (QED) is 0.467. The Kier molecular flexibility index (Phi) is 5.87. The van der Waals surface area contributed by atoms with Gasteiger partial charge >= 0.3 is 6.16 Å². The third kappa shape index (κ3) is 4.98. The molecule has 0 fully saturated rings. The highest BCUT2D eigenvalue weighted by Gasteiger charge is 2.18. The molecule has 0 saturated carbocycles. The molecular formula is C21H28O3. The SMILES string of the molecule is CCCC(CC)c1ccc2cc(OC(=O)OC(C)(C)C)ccc2c1. The number of carbonyl (C=O) groups is 1. The molecule has 24 heavy (non-hydrogen) atoms. The molecule has 1 unspecified atom stereocenters. The van der Waals surface area contributed by atoms with Crippen LogP contribution >= 0.6 is 0 Å². The van der Waals surface area contributed by atoms with Crippen LogP contribution in [-0.2, 0) is 4.74 Å². The Morgan fingerprint density at radius 3 is 2.33 bits per heavy atom. The second-order valence-corrected chi connectivity index (χ2v) is 7.23. The van der Waals surface area contributed by atoms with Gasteiger partial charge in [0, 0.05) is 0 Å². The van der Waals surface area contributed by atoms with E-state index in [1.807, 2.05) is 39.0 Å². The first-order valence-electron chi connectivity index (χ1n) is 8.77. The van der Waals surface area contributed by atoms with Crippen LogP contribution in [0.3, 0.4) is 0 Å². The van der Waals surface area contributed by atoms with Crippen molar-refractivity contribution in [3.05, 3.63) is 42.0 Å². The molecule has 130 valence electrons. The van der Waals surface area contributed by atoms with Gasteiger partial charge in [-0.1, -0.05) is 44.5 Å². The second kappa shape index (κ2) is 7.69. The van der Waals surface area contributed by atoms with Crippen LogP contribution in [0, 0.1) is 0 Å². The van der Waals surface area contributed by atoms with Gasteiger partial charge in [0.05, 0.1) is 0 Å². The number of benzene rings is 2. The number of rotatable bonds is 5. The molecule has 0 N–H and O–H groups in total. The molecule has 0 radical (unpaired) electrons. The van der Waals surface area contributed by atoms with Gasteiger partial charge in [0.25, 0.3) is 0 Å². The van der Waals surface area contributed by atoms with Crippen molar-refractivity contribution < 1.29 is 14.3 Å². The Bertz CT molecular complexity index is 698. The van der Waals surface area contributed by atoms with Gasteiger partial charge in [0.2, 0.25) is 0 Å². The standard InChI is InChI=1S/C21H28O3/c1-6-8-15(7-2)16-9-10-18-14-19(12-11-17(18)13-16)23-20(22)24-21(3,4)5/h9-15H,6-8H2,1-5H3. The van der Waals surface area contributed by atoms with E-state index in [1.54, 1.807) is 0 Å². The summed E-state index contributed by atoms with van der Waals surface area (Å²) in [5.41, 5.74) is 0.824. The number of hydrogen-bond donors (Lipinski definition) is 0. The summed E-state index contributed by atoms with van der Waals surface area (Å²) in [6.07, 6.45) is 2.88.